The lowest BCUT2D eigenvalue weighted by atomic mass is 10.2. The first kappa shape index (κ1) is 18.6. The van der Waals surface area contributed by atoms with Crippen molar-refractivity contribution in [2.75, 3.05) is 18.6 Å². The van der Waals surface area contributed by atoms with Crippen LogP contribution in [0, 0.1) is 0 Å². The number of methoxy groups -OCH3 is 1. The van der Waals surface area contributed by atoms with E-state index in [2.05, 4.69) is 4.74 Å². The van der Waals surface area contributed by atoms with E-state index in [-0.39, 0.29) is 39.4 Å². The first-order valence-electron chi connectivity index (χ1n) is 7.77. The van der Waals surface area contributed by atoms with Crippen molar-refractivity contribution < 1.29 is 26.4 Å². The van der Waals surface area contributed by atoms with E-state index in [0.29, 0.717) is 12.8 Å². The maximum atomic E-state index is 13.1. The van der Waals surface area contributed by atoms with Gasteiger partial charge in [0.25, 0.3) is 0 Å². The predicted molar refractivity (Wildman–Crippen MR) is 91.9 cm³/mol. The second kappa shape index (κ2) is 6.53. The average Bonchev–Trinajstić information content (AvgIpc) is 3.29. The molecule has 0 unspecified atom stereocenters. The molecule has 10 heteroatoms. The third-order valence-electron chi connectivity index (χ3n) is 4.38. The number of hydrogen-bond acceptors (Lipinski definition) is 6. The van der Waals surface area contributed by atoms with E-state index < -0.39 is 31.9 Å². The summed E-state index contributed by atoms with van der Waals surface area (Å²) in [6.07, 6.45) is 1.69. The summed E-state index contributed by atoms with van der Waals surface area (Å²) in [5.74, 6) is -0.793. The van der Waals surface area contributed by atoms with Gasteiger partial charge in [0.2, 0.25) is 10.0 Å². The number of carbonyl (C=O) groups is 1. The molecule has 138 valence electrons. The van der Waals surface area contributed by atoms with Gasteiger partial charge in [-0.15, -0.1) is 0 Å². The van der Waals surface area contributed by atoms with Crippen molar-refractivity contribution >= 4 is 37.4 Å². The highest BCUT2D eigenvalue weighted by Crippen LogP contribution is 2.38. The molecule has 0 bridgehead atoms. The van der Waals surface area contributed by atoms with Crippen LogP contribution in [0.1, 0.15) is 29.6 Å². The van der Waals surface area contributed by atoms with Crippen molar-refractivity contribution in [1.82, 2.24) is 4.31 Å². The number of benzene rings is 1. The van der Waals surface area contributed by atoms with E-state index >= 15 is 0 Å². The Morgan fingerprint density at radius 2 is 1.92 bits per heavy atom. The lowest BCUT2D eigenvalue weighted by molar-refractivity contribution is 0.0600. The Labute approximate surface area is 151 Å². The largest absolute Gasteiger partial charge is 0.465 e. The van der Waals surface area contributed by atoms with Crippen LogP contribution in [-0.2, 0) is 24.6 Å². The molecule has 1 heterocycles. The van der Waals surface area contributed by atoms with E-state index in [0.717, 1.165) is 0 Å². The van der Waals surface area contributed by atoms with Gasteiger partial charge in [-0.1, -0.05) is 11.6 Å². The smallest absolute Gasteiger partial charge is 0.337 e. The quantitative estimate of drug-likeness (QED) is 0.685. The average molecular weight is 408 g/mol. The third kappa shape index (κ3) is 3.69. The van der Waals surface area contributed by atoms with Gasteiger partial charge in [0.1, 0.15) is 4.90 Å². The summed E-state index contributed by atoms with van der Waals surface area (Å²) in [5.41, 5.74) is 0.146. The molecule has 1 aromatic carbocycles. The Hall–Kier alpha value is -1.16. The summed E-state index contributed by atoms with van der Waals surface area (Å²) >= 11 is 6.11. The number of halogens is 1. The highest BCUT2D eigenvalue weighted by molar-refractivity contribution is 7.92. The molecule has 0 radical (unpaired) electrons. The summed E-state index contributed by atoms with van der Waals surface area (Å²) in [6, 6.07) is 3.08. The van der Waals surface area contributed by atoms with Crippen LogP contribution >= 0.6 is 11.6 Å². The minimum Gasteiger partial charge on any atom is -0.465 e. The number of sulfone groups is 1. The van der Waals surface area contributed by atoms with Crippen LogP contribution in [0.25, 0.3) is 0 Å². The summed E-state index contributed by atoms with van der Waals surface area (Å²) in [7, 11) is -5.97. The molecule has 1 atom stereocenters. The fourth-order valence-corrected chi connectivity index (χ4v) is 7.29. The topological polar surface area (TPSA) is 97.8 Å². The molecule has 0 aromatic heterocycles. The van der Waals surface area contributed by atoms with Gasteiger partial charge < -0.3 is 4.74 Å². The SMILES string of the molecule is COC(=O)c1ccc(S(=O)(=O)N(C2CC2)[C@@H]2CCS(=O)(=O)C2)c(Cl)c1. The molecule has 2 aliphatic rings. The number of ether oxygens (including phenoxy) is 1. The monoisotopic (exact) mass is 407 g/mol. The van der Waals surface area contributed by atoms with Crippen molar-refractivity contribution in [3.63, 3.8) is 0 Å². The molecule has 0 spiro atoms. The minimum atomic E-state index is -3.97. The van der Waals surface area contributed by atoms with Gasteiger partial charge >= 0.3 is 5.97 Å². The van der Waals surface area contributed by atoms with E-state index in [1.807, 2.05) is 0 Å². The molecule has 1 aliphatic carbocycles. The molecule has 1 saturated carbocycles. The zero-order chi connectivity index (χ0) is 18.4. The van der Waals surface area contributed by atoms with Crippen LogP contribution in [0.15, 0.2) is 23.1 Å². The van der Waals surface area contributed by atoms with Gasteiger partial charge in [-0.3, -0.25) is 0 Å². The lowest BCUT2D eigenvalue weighted by Crippen LogP contribution is -2.42. The highest BCUT2D eigenvalue weighted by atomic mass is 35.5. The Bertz CT molecular complexity index is 908. The molecule has 25 heavy (non-hydrogen) atoms. The lowest BCUT2D eigenvalue weighted by Gasteiger charge is -2.27. The standard InChI is InChI=1S/C15H18ClNO6S2/c1-23-15(18)10-2-5-14(13(16)8-10)25(21,22)17(11-3-4-11)12-6-7-24(19,20)9-12/h2,5,8,11-12H,3-4,6-7,9H2,1H3/t12-/m1/s1. The van der Waals surface area contributed by atoms with E-state index in [9.17, 15) is 21.6 Å². The van der Waals surface area contributed by atoms with Gasteiger partial charge in [-0.2, -0.15) is 4.31 Å². The van der Waals surface area contributed by atoms with Crippen molar-refractivity contribution in [2.24, 2.45) is 0 Å². The second-order valence-corrected chi connectivity index (χ2v) is 10.7. The summed E-state index contributed by atoms with van der Waals surface area (Å²) in [6.45, 7) is 0. The zero-order valence-electron chi connectivity index (χ0n) is 13.5. The van der Waals surface area contributed by atoms with E-state index in [1.54, 1.807) is 0 Å². The van der Waals surface area contributed by atoms with Crippen LogP contribution < -0.4 is 0 Å². The molecular formula is C15H18ClNO6S2. The van der Waals surface area contributed by atoms with Crippen molar-refractivity contribution in [3.05, 3.63) is 28.8 Å². The number of rotatable bonds is 5. The predicted octanol–water partition coefficient (Wildman–Crippen LogP) is 1.47. The summed E-state index contributed by atoms with van der Waals surface area (Å²) < 4.78 is 55.7. The molecule has 1 aliphatic heterocycles. The number of hydrogen-bond donors (Lipinski definition) is 0. The van der Waals surface area contributed by atoms with Gasteiger partial charge in [0.15, 0.2) is 9.84 Å². The van der Waals surface area contributed by atoms with Crippen molar-refractivity contribution in [1.29, 1.82) is 0 Å². The fourth-order valence-electron chi connectivity index (χ4n) is 3.06. The molecule has 3 rings (SSSR count). The molecule has 0 N–H and O–H groups in total. The van der Waals surface area contributed by atoms with Gasteiger partial charge in [0, 0.05) is 12.1 Å². The molecule has 1 saturated heterocycles. The van der Waals surface area contributed by atoms with Crippen LogP contribution in [0.5, 0.6) is 0 Å². The maximum absolute atomic E-state index is 13.1. The van der Waals surface area contributed by atoms with E-state index in [4.69, 9.17) is 11.6 Å². The van der Waals surface area contributed by atoms with E-state index in [1.165, 1.54) is 29.6 Å². The Kier molecular flexibility index (Phi) is 4.87. The molecule has 7 nitrogen and oxygen atoms in total. The first-order valence-corrected chi connectivity index (χ1v) is 11.4. The zero-order valence-corrected chi connectivity index (χ0v) is 15.9. The number of sulfonamides is 1. The maximum Gasteiger partial charge on any atom is 0.337 e. The molecule has 1 aromatic rings. The van der Waals surface area contributed by atoms with Crippen LogP contribution in [0.4, 0.5) is 0 Å². The molecular weight excluding hydrogens is 390 g/mol. The molecule has 2 fully saturated rings. The van der Waals surface area contributed by atoms with Crippen LogP contribution in [-0.4, -0.2) is 57.8 Å². The van der Waals surface area contributed by atoms with Gasteiger partial charge in [-0.25, -0.2) is 21.6 Å². The van der Waals surface area contributed by atoms with Gasteiger partial charge in [-0.05, 0) is 37.5 Å². The highest BCUT2D eigenvalue weighted by Gasteiger charge is 2.46. The molecule has 0 amide bonds. The first-order chi connectivity index (χ1) is 11.7. The summed E-state index contributed by atoms with van der Waals surface area (Å²) in [5, 5.41) is -0.0885. The van der Waals surface area contributed by atoms with Gasteiger partial charge in [0.05, 0.1) is 29.2 Å². The number of carbonyl (C=O) groups excluding carboxylic acids is 1. The Morgan fingerprint density at radius 1 is 1.24 bits per heavy atom. The van der Waals surface area contributed by atoms with Crippen LogP contribution in [0.2, 0.25) is 5.02 Å². The normalized spacial score (nSPS) is 22.9. The Balaban J connectivity index is 1.98. The minimum absolute atomic E-state index is 0.00851. The third-order valence-corrected chi connectivity index (χ3v) is 8.62. The number of esters is 1. The summed E-state index contributed by atoms with van der Waals surface area (Å²) in [4.78, 5) is 11.4. The van der Waals surface area contributed by atoms with Crippen molar-refractivity contribution in [3.8, 4) is 0 Å². The number of nitrogens with zero attached hydrogens (tertiary/aromatic N) is 1. The second-order valence-electron chi connectivity index (χ2n) is 6.26. The van der Waals surface area contributed by atoms with Crippen molar-refractivity contribution in [2.45, 2.75) is 36.2 Å². The Morgan fingerprint density at radius 3 is 2.40 bits per heavy atom. The van der Waals surface area contributed by atoms with Crippen LogP contribution in [0.3, 0.4) is 0 Å². The fraction of sp³-hybridized carbons (Fsp3) is 0.533.